The maximum Gasteiger partial charge on any atom is 0.417 e. The van der Waals surface area contributed by atoms with Gasteiger partial charge in [0.1, 0.15) is 5.60 Å². The van der Waals surface area contributed by atoms with Gasteiger partial charge in [-0.1, -0.05) is 28.1 Å². The molecule has 20 heavy (non-hydrogen) atoms. The molecule has 0 saturated carbocycles. The first-order valence-corrected chi connectivity index (χ1v) is 7.38. The van der Waals surface area contributed by atoms with Crippen LogP contribution < -0.4 is 0 Å². The third-order valence-electron chi connectivity index (χ3n) is 3.06. The van der Waals surface area contributed by atoms with Crippen molar-refractivity contribution in [3.05, 3.63) is 34.3 Å². The molecule has 0 aliphatic carbocycles. The van der Waals surface area contributed by atoms with Crippen molar-refractivity contribution in [2.45, 2.75) is 45.3 Å². The number of carbonyl (C=O) groups is 2. The van der Waals surface area contributed by atoms with Gasteiger partial charge in [0.25, 0.3) is 0 Å². The smallest absolute Gasteiger partial charge is 0.417 e. The number of ether oxygens (including phenoxy) is 1. The van der Waals surface area contributed by atoms with Crippen LogP contribution in [0, 0.1) is 0 Å². The standard InChI is InChI=1S/C15H18BrNO3/c1-15(2,3)20-14(19)17-12(8-9-13(17)18)10-4-6-11(16)7-5-10/h4-7,12H,8-9H2,1-3H3/t12-/m1/s1. The second kappa shape index (κ2) is 5.56. The Labute approximate surface area is 127 Å². The summed E-state index contributed by atoms with van der Waals surface area (Å²) < 4.78 is 6.29. The summed E-state index contributed by atoms with van der Waals surface area (Å²) in [4.78, 5) is 25.4. The van der Waals surface area contributed by atoms with Crippen molar-refractivity contribution in [3.8, 4) is 0 Å². The van der Waals surface area contributed by atoms with Crippen LogP contribution in [0.5, 0.6) is 0 Å². The van der Waals surface area contributed by atoms with Crippen LogP contribution in [-0.4, -0.2) is 22.5 Å². The molecule has 2 amide bonds. The van der Waals surface area contributed by atoms with Crippen molar-refractivity contribution < 1.29 is 14.3 Å². The number of hydrogen-bond donors (Lipinski definition) is 0. The Morgan fingerprint density at radius 3 is 2.45 bits per heavy atom. The summed E-state index contributed by atoms with van der Waals surface area (Å²) in [5, 5.41) is 0. The Morgan fingerprint density at radius 2 is 1.90 bits per heavy atom. The number of likely N-dealkylation sites (tertiary alicyclic amines) is 1. The van der Waals surface area contributed by atoms with Gasteiger partial charge in [-0.3, -0.25) is 4.79 Å². The molecule has 5 heteroatoms. The molecule has 1 saturated heterocycles. The lowest BCUT2D eigenvalue weighted by Crippen LogP contribution is -2.38. The molecule has 2 rings (SSSR count). The fraction of sp³-hybridized carbons (Fsp3) is 0.467. The van der Waals surface area contributed by atoms with Gasteiger partial charge < -0.3 is 4.74 Å². The van der Waals surface area contributed by atoms with Crippen molar-refractivity contribution in [1.82, 2.24) is 4.90 Å². The van der Waals surface area contributed by atoms with Gasteiger partial charge in [0, 0.05) is 10.9 Å². The minimum absolute atomic E-state index is 0.174. The van der Waals surface area contributed by atoms with Gasteiger partial charge in [-0.2, -0.15) is 0 Å². The SMILES string of the molecule is CC(C)(C)OC(=O)N1C(=O)CC[C@@H]1c1ccc(Br)cc1. The van der Waals surface area contributed by atoms with Crippen LogP contribution in [0.1, 0.15) is 45.2 Å². The summed E-state index contributed by atoms with van der Waals surface area (Å²) >= 11 is 3.38. The fourth-order valence-electron chi connectivity index (χ4n) is 2.22. The van der Waals surface area contributed by atoms with E-state index < -0.39 is 11.7 Å². The van der Waals surface area contributed by atoms with Crippen LogP contribution in [-0.2, 0) is 9.53 Å². The zero-order chi connectivity index (χ0) is 14.9. The van der Waals surface area contributed by atoms with Crippen molar-refractivity contribution in [2.24, 2.45) is 0 Å². The molecule has 0 aromatic heterocycles. The normalized spacial score (nSPS) is 19.3. The first-order chi connectivity index (χ1) is 9.28. The second-order valence-electron chi connectivity index (χ2n) is 5.85. The van der Waals surface area contributed by atoms with Crippen molar-refractivity contribution in [3.63, 3.8) is 0 Å². The van der Waals surface area contributed by atoms with Crippen molar-refractivity contribution in [1.29, 1.82) is 0 Å². The second-order valence-corrected chi connectivity index (χ2v) is 6.77. The maximum absolute atomic E-state index is 12.2. The van der Waals surface area contributed by atoms with E-state index in [9.17, 15) is 9.59 Å². The van der Waals surface area contributed by atoms with E-state index in [2.05, 4.69) is 15.9 Å². The molecule has 4 nitrogen and oxygen atoms in total. The monoisotopic (exact) mass is 339 g/mol. The molecule has 1 aromatic rings. The molecule has 1 atom stereocenters. The number of hydrogen-bond acceptors (Lipinski definition) is 3. The van der Waals surface area contributed by atoms with E-state index in [-0.39, 0.29) is 11.9 Å². The first-order valence-electron chi connectivity index (χ1n) is 6.58. The number of benzene rings is 1. The van der Waals surface area contributed by atoms with Gasteiger partial charge in [0.05, 0.1) is 6.04 Å². The van der Waals surface area contributed by atoms with Crippen LogP contribution in [0.2, 0.25) is 0 Å². The van der Waals surface area contributed by atoms with E-state index in [0.29, 0.717) is 12.8 Å². The Balaban J connectivity index is 2.22. The number of rotatable bonds is 1. The van der Waals surface area contributed by atoms with Crippen LogP contribution in [0.15, 0.2) is 28.7 Å². The van der Waals surface area contributed by atoms with Crippen LogP contribution in [0.4, 0.5) is 4.79 Å². The van der Waals surface area contributed by atoms with E-state index in [1.165, 1.54) is 4.90 Å². The Morgan fingerprint density at radius 1 is 1.30 bits per heavy atom. The van der Waals surface area contributed by atoms with E-state index in [1.807, 2.05) is 24.3 Å². The molecule has 1 aromatic carbocycles. The number of imide groups is 1. The van der Waals surface area contributed by atoms with Gasteiger partial charge in [-0.25, -0.2) is 9.69 Å². The quantitative estimate of drug-likeness (QED) is 0.775. The summed E-state index contributed by atoms with van der Waals surface area (Å²) in [6, 6.07) is 7.43. The summed E-state index contributed by atoms with van der Waals surface area (Å²) in [7, 11) is 0. The topological polar surface area (TPSA) is 46.6 Å². The van der Waals surface area contributed by atoms with Crippen LogP contribution in [0.3, 0.4) is 0 Å². The van der Waals surface area contributed by atoms with Crippen molar-refractivity contribution >= 4 is 27.9 Å². The minimum Gasteiger partial charge on any atom is -0.443 e. The molecule has 0 spiro atoms. The predicted octanol–water partition coefficient (Wildman–Crippen LogP) is 4.05. The lowest BCUT2D eigenvalue weighted by Gasteiger charge is -2.27. The van der Waals surface area contributed by atoms with Crippen LogP contribution >= 0.6 is 15.9 Å². The average molecular weight is 340 g/mol. The third-order valence-corrected chi connectivity index (χ3v) is 3.59. The highest BCUT2D eigenvalue weighted by Gasteiger charge is 2.39. The molecular weight excluding hydrogens is 322 g/mol. The van der Waals surface area contributed by atoms with Crippen LogP contribution in [0.25, 0.3) is 0 Å². The van der Waals surface area contributed by atoms with Gasteiger partial charge in [-0.05, 0) is 44.9 Å². The number of carbonyl (C=O) groups excluding carboxylic acids is 2. The Bertz CT molecular complexity index is 519. The molecular formula is C15H18BrNO3. The van der Waals surface area contributed by atoms with Gasteiger partial charge in [-0.15, -0.1) is 0 Å². The van der Waals surface area contributed by atoms with E-state index in [0.717, 1.165) is 10.0 Å². The molecule has 0 unspecified atom stereocenters. The lowest BCUT2D eigenvalue weighted by molar-refractivity contribution is -0.128. The average Bonchev–Trinajstić information content (AvgIpc) is 2.70. The van der Waals surface area contributed by atoms with Gasteiger partial charge >= 0.3 is 6.09 Å². The minimum atomic E-state index is -0.607. The third kappa shape index (κ3) is 3.39. The van der Waals surface area contributed by atoms with Gasteiger partial charge in [0.15, 0.2) is 0 Å². The largest absolute Gasteiger partial charge is 0.443 e. The maximum atomic E-state index is 12.2. The molecule has 0 bridgehead atoms. The predicted molar refractivity (Wildman–Crippen MR) is 79.2 cm³/mol. The molecule has 1 aliphatic rings. The van der Waals surface area contributed by atoms with Gasteiger partial charge in [0.2, 0.25) is 5.91 Å². The summed E-state index contributed by atoms with van der Waals surface area (Å²) in [5.74, 6) is -0.174. The summed E-state index contributed by atoms with van der Waals surface area (Å²) in [6.07, 6.45) is 0.451. The summed E-state index contributed by atoms with van der Waals surface area (Å²) in [5.41, 5.74) is 0.342. The lowest BCUT2D eigenvalue weighted by atomic mass is 10.1. The highest BCUT2D eigenvalue weighted by molar-refractivity contribution is 9.10. The summed E-state index contributed by atoms with van der Waals surface area (Å²) in [6.45, 7) is 5.38. The Hall–Kier alpha value is -1.36. The van der Waals surface area contributed by atoms with E-state index in [4.69, 9.17) is 4.74 Å². The molecule has 1 aliphatic heterocycles. The number of amides is 2. The highest BCUT2D eigenvalue weighted by atomic mass is 79.9. The molecule has 0 N–H and O–H groups in total. The Kier molecular flexibility index (Phi) is 4.18. The molecule has 1 fully saturated rings. The zero-order valence-corrected chi connectivity index (χ0v) is 13.4. The zero-order valence-electron chi connectivity index (χ0n) is 11.9. The highest BCUT2D eigenvalue weighted by Crippen LogP contribution is 2.34. The number of halogens is 1. The molecule has 108 valence electrons. The first kappa shape index (κ1) is 15.0. The molecule has 1 heterocycles. The number of nitrogens with zero attached hydrogens (tertiary/aromatic N) is 1. The van der Waals surface area contributed by atoms with Crippen molar-refractivity contribution in [2.75, 3.05) is 0 Å². The molecule has 0 radical (unpaired) electrons. The van der Waals surface area contributed by atoms with E-state index in [1.54, 1.807) is 20.8 Å². The van der Waals surface area contributed by atoms with E-state index >= 15 is 0 Å². The fourth-order valence-corrected chi connectivity index (χ4v) is 2.49.